The topological polar surface area (TPSA) is 82.3 Å². The number of esters is 1. The number of amides is 1. The maximum absolute atomic E-state index is 13.5. The second kappa shape index (κ2) is 10.4. The normalized spacial score (nSPS) is 16.0. The third-order valence-corrected chi connectivity index (χ3v) is 8.04. The summed E-state index contributed by atoms with van der Waals surface area (Å²) in [6, 6.07) is 14.4. The predicted molar refractivity (Wildman–Crippen MR) is 131 cm³/mol. The Morgan fingerprint density at radius 3 is 2.73 bits per heavy atom. The van der Waals surface area contributed by atoms with Crippen LogP contribution >= 0.6 is 23.1 Å². The van der Waals surface area contributed by atoms with Crippen LogP contribution in [0, 0.1) is 11.1 Å². The molecule has 6 nitrogen and oxygen atoms in total. The van der Waals surface area contributed by atoms with Crippen LogP contribution in [0.4, 0.5) is 5.00 Å². The quantitative estimate of drug-likeness (QED) is 0.218. The van der Waals surface area contributed by atoms with Crippen molar-refractivity contribution in [3.8, 4) is 0 Å². The predicted octanol–water partition coefficient (Wildman–Crippen LogP) is 5.16. The van der Waals surface area contributed by atoms with Crippen LogP contribution < -0.4 is 10.0 Å². The number of hydrogen-bond donors (Lipinski definition) is 1. The molecule has 0 bridgehead atoms. The van der Waals surface area contributed by atoms with Crippen molar-refractivity contribution in [2.45, 2.75) is 43.4 Å². The van der Waals surface area contributed by atoms with E-state index in [1.54, 1.807) is 25.1 Å². The lowest BCUT2D eigenvalue weighted by Crippen LogP contribution is -2.29. The van der Waals surface area contributed by atoms with E-state index in [2.05, 4.69) is 12.2 Å². The maximum atomic E-state index is 13.5. The first kappa shape index (κ1) is 23.3. The fraction of sp³-hybridized carbons (Fsp3) is 0.320. The van der Waals surface area contributed by atoms with E-state index in [4.69, 9.17) is 4.74 Å². The summed E-state index contributed by atoms with van der Waals surface area (Å²) in [6.07, 6.45) is 4.10. The molecule has 33 heavy (non-hydrogen) atoms. The van der Waals surface area contributed by atoms with E-state index in [1.165, 1.54) is 29.3 Å². The molecule has 0 unspecified atom stereocenters. The molecule has 0 saturated carbocycles. The lowest BCUT2D eigenvalue weighted by molar-refractivity contribution is -0.645. The molecule has 3 aromatic rings. The van der Waals surface area contributed by atoms with Gasteiger partial charge in [-0.2, -0.15) is 4.73 Å². The summed E-state index contributed by atoms with van der Waals surface area (Å²) in [5.41, 5.74) is 2.25. The number of carbonyl (C=O) groups excluding carboxylic acids is 2. The molecule has 1 amide bonds. The average Bonchev–Trinajstić information content (AvgIpc) is 3.16. The van der Waals surface area contributed by atoms with Crippen molar-refractivity contribution in [2.75, 3.05) is 11.9 Å². The van der Waals surface area contributed by atoms with Gasteiger partial charge in [0.2, 0.25) is 5.91 Å². The van der Waals surface area contributed by atoms with Gasteiger partial charge in [0.25, 0.3) is 5.03 Å². The van der Waals surface area contributed by atoms with Crippen LogP contribution in [0.5, 0.6) is 0 Å². The zero-order valence-electron chi connectivity index (χ0n) is 18.6. The van der Waals surface area contributed by atoms with Gasteiger partial charge in [-0.15, -0.1) is 11.3 Å². The molecule has 0 aliphatic heterocycles. The van der Waals surface area contributed by atoms with Crippen molar-refractivity contribution in [3.05, 3.63) is 81.5 Å². The Morgan fingerprint density at radius 1 is 1.24 bits per heavy atom. The minimum atomic E-state index is -0.665. The van der Waals surface area contributed by atoms with Crippen LogP contribution in [0.2, 0.25) is 0 Å². The first-order chi connectivity index (χ1) is 16.0. The molecular formula is C25H26N2O4S2. The number of nitrogens with one attached hydrogen (secondary N) is 1. The average molecular weight is 483 g/mol. The number of hydrogen-bond acceptors (Lipinski definition) is 6. The van der Waals surface area contributed by atoms with E-state index in [1.807, 2.05) is 30.3 Å². The lowest BCUT2D eigenvalue weighted by atomic mass is 9.88. The van der Waals surface area contributed by atoms with E-state index in [0.29, 0.717) is 21.5 Å². The Morgan fingerprint density at radius 2 is 2.00 bits per heavy atom. The van der Waals surface area contributed by atoms with Crippen molar-refractivity contribution in [1.82, 2.24) is 0 Å². The van der Waals surface area contributed by atoms with Gasteiger partial charge in [0.1, 0.15) is 10.3 Å². The number of carbonyl (C=O) groups is 2. The largest absolute Gasteiger partial charge is 0.618 e. The Balaban J connectivity index is 1.68. The summed E-state index contributed by atoms with van der Waals surface area (Å²) in [4.78, 5) is 27.5. The summed E-state index contributed by atoms with van der Waals surface area (Å²) in [7, 11) is 0. The molecule has 2 aromatic heterocycles. The standard InChI is InChI=1S/C25H26N2O4S2/c1-3-31-25(29)21-18-13-12-16(2)15-19(18)32-24(21)26-23(28)22(17-9-5-4-6-10-17)33-20-11-7-8-14-27(20)30/h4-11,14,16,22H,3,12-13,15H2,1-2H3,(H,26,28)/t16-,22+/m0/s1. The molecule has 4 rings (SSSR count). The number of fused-ring (bicyclic) bond motifs is 1. The van der Waals surface area contributed by atoms with Crippen LogP contribution in [0.3, 0.4) is 0 Å². The number of thiophene rings is 1. The maximum Gasteiger partial charge on any atom is 0.341 e. The smallest absolute Gasteiger partial charge is 0.341 e. The first-order valence-corrected chi connectivity index (χ1v) is 12.7. The second-order valence-electron chi connectivity index (χ2n) is 8.04. The van der Waals surface area contributed by atoms with Crippen LogP contribution in [-0.2, 0) is 22.4 Å². The number of pyridine rings is 1. The Bertz CT molecular complexity index is 1150. The van der Waals surface area contributed by atoms with Gasteiger partial charge in [-0.05, 0) is 61.1 Å². The van der Waals surface area contributed by atoms with Crippen molar-refractivity contribution < 1.29 is 19.1 Å². The molecular weight excluding hydrogens is 456 g/mol. The molecule has 0 radical (unpaired) electrons. The minimum absolute atomic E-state index is 0.271. The van der Waals surface area contributed by atoms with Crippen LogP contribution in [-0.4, -0.2) is 18.5 Å². The van der Waals surface area contributed by atoms with E-state index >= 15 is 0 Å². The van der Waals surface area contributed by atoms with E-state index in [9.17, 15) is 14.8 Å². The fourth-order valence-electron chi connectivity index (χ4n) is 3.96. The van der Waals surface area contributed by atoms with Gasteiger partial charge in [0.15, 0.2) is 6.20 Å². The lowest BCUT2D eigenvalue weighted by Gasteiger charge is -2.18. The molecule has 0 fully saturated rings. The zero-order chi connectivity index (χ0) is 23.4. The van der Waals surface area contributed by atoms with Gasteiger partial charge in [-0.3, -0.25) is 4.79 Å². The molecule has 1 N–H and O–H groups in total. The third-order valence-electron chi connectivity index (χ3n) is 5.60. The van der Waals surface area contributed by atoms with Gasteiger partial charge in [-0.1, -0.05) is 37.3 Å². The molecule has 0 saturated heterocycles. The van der Waals surface area contributed by atoms with Crippen LogP contribution in [0.1, 0.15) is 51.9 Å². The van der Waals surface area contributed by atoms with Gasteiger partial charge in [0.05, 0.1) is 12.2 Å². The number of rotatable bonds is 7. The van der Waals surface area contributed by atoms with Crippen molar-refractivity contribution in [2.24, 2.45) is 5.92 Å². The number of ether oxygens (including phenoxy) is 1. The molecule has 1 aromatic carbocycles. The van der Waals surface area contributed by atoms with Crippen LogP contribution in [0.15, 0.2) is 59.8 Å². The number of benzene rings is 1. The van der Waals surface area contributed by atoms with E-state index in [-0.39, 0.29) is 12.5 Å². The molecule has 172 valence electrons. The van der Waals surface area contributed by atoms with E-state index in [0.717, 1.165) is 40.0 Å². The first-order valence-electron chi connectivity index (χ1n) is 11.0. The Hall–Kier alpha value is -2.84. The van der Waals surface area contributed by atoms with Crippen molar-refractivity contribution in [3.63, 3.8) is 0 Å². The summed E-state index contributed by atoms with van der Waals surface area (Å²) < 4.78 is 6.08. The minimum Gasteiger partial charge on any atom is -0.618 e. The molecule has 2 atom stereocenters. The van der Waals surface area contributed by atoms with Gasteiger partial charge in [-0.25, -0.2) is 4.79 Å². The Labute approximate surface area is 201 Å². The van der Waals surface area contributed by atoms with Gasteiger partial charge < -0.3 is 15.3 Å². The van der Waals surface area contributed by atoms with Crippen LogP contribution in [0.25, 0.3) is 0 Å². The molecule has 1 aliphatic carbocycles. The van der Waals surface area contributed by atoms with Crippen molar-refractivity contribution >= 4 is 40.0 Å². The third kappa shape index (κ3) is 5.23. The summed E-state index contributed by atoms with van der Waals surface area (Å²) >= 11 is 2.64. The molecule has 1 aliphatic rings. The second-order valence-corrected chi connectivity index (χ2v) is 10.3. The summed E-state index contributed by atoms with van der Waals surface area (Å²) in [5, 5.41) is 15.5. The number of nitrogens with zero attached hydrogens (tertiary/aromatic N) is 1. The highest BCUT2D eigenvalue weighted by Gasteiger charge is 2.32. The highest BCUT2D eigenvalue weighted by Crippen LogP contribution is 2.41. The molecule has 8 heteroatoms. The SMILES string of the molecule is CCOC(=O)c1c(NC(=O)[C@H](Sc2cccc[n+]2[O-])c2ccccc2)sc2c1CC[C@H](C)C2. The number of aromatic nitrogens is 1. The summed E-state index contributed by atoms with van der Waals surface area (Å²) in [5.74, 6) is -0.149. The molecule has 0 spiro atoms. The number of anilines is 1. The highest BCUT2D eigenvalue weighted by atomic mass is 32.2. The molecule has 2 heterocycles. The monoisotopic (exact) mass is 482 g/mol. The highest BCUT2D eigenvalue weighted by molar-refractivity contribution is 8.00. The van der Waals surface area contributed by atoms with Gasteiger partial charge in [0, 0.05) is 17.0 Å². The zero-order valence-corrected chi connectivity index (χ0v) is 20.2. The number of thioether (sulfide) groups is 1. The van der Waals surface area contributed by atoms with E-state index < -0.39 is 11.2 Å². The Kier molecular flexibility index (Phi) is 7.35. The summed E-state index contributed by atoms with van der Waals surface area (Å²) in [6.45, 7) is 4.25. The van der Waals surface area contributed by atoms with Gasteiger partial charge >= 0.3 is 5.97 Å². The van der Waals surface area contributed by atoms with Crippen molar-refractivity contribution in [1.29, 1.82) is 0 Å². The fourth-order valence-corrected chi connectivity index (χ4v) is 6.39.